The highest BCUT2D eigenvalue weighted by molar-refractivity contribution is 7.80. The van der Waals surface area contributed by atoms with Gasteiger partial charge in [0.2, 0.25) is 0 Å². The van der Waals surface area contributed by atoms with Gasteiger partial charge in [-0.15, -0.1) is 0 Å². The van der Waals surface area contributed by atoms with E-state index in [1.54, 1.807) is 0 Å². The topological polar surface area (TPSA) is 33.1 Å². The number of pyridine rings is 1. The number of hydrogen-bond acceptors (Lipinski definition) is 2. The minimum absolute atomic E-state index is 0.0988. The quantitative estimate of drug-likeness (QED) is 0.826. The SMILES string of the molecule is CC(C)n1cccc1[C@@H]1[C@H](c2ccccn2)NC(=S)N1C1CCCC1. The molecule has 2 aliphatic rings. The Morgan fingerprint density at radius 2 is 1.96 bits per heavy atom. The lowest BCUT2D eigenvalue weighted by Gasteiger charge is -2.34. The van der Waals surface area contributed by atoms with Gasteiger partial charge in [-0.3, -0.25) is 4.98 Å². The molecule has 1 aliphatic carbocycles. The normalized spacial score (nSPS) is 24.3. The van der Waals surface area contributed by atoms with Gasteiger partial charge in [0.15, 0.2) is 5.11 Å². The number of nitrogens with zero attached hydrogens (tertiary/aromatic N) is 3. The summed E-state index contributed by atoms with van der Waals surface area (Å²) in [6.07, 6.45) is 9.12. The van der Waals surface area contributed by atoms with Crippen LogP contribution in [0.15, 0.2) is 42.7 Å². The van der Waals surface area contributed by atoms with Crippen molar-refractivity contribution in [1.29, 1.82) is 0 Å². The number of thiocarbonyl (C=S) groups is 1. The summed E-state index contributed by atoms with van der Waals surface area (Å²) in [5.41, 5.74) is 2.39. The van der Waals surface area contributed by atoms with Crippen LogP contribution in [0.4, 0.5) is 0 Å². The highest BCUT2D eigenvalue weighted by Crippen LogP contribution is 2.43. The van der Waals surface area contributed by atoms with Crippen molar-refractivity contribution in [1.82, 2.24) is 19.8 Å². The molecule has 0 radical (unpaired) electrons. The smallest absolute Gasteiger partial charge is 0.170 e. The minimum atomic E-state index is 0.0988. The molecule has 0 aromatic carbocycles. The van der Waals surface area contributed by atoms with Crippen LogP contribution in [0.3, 0.4) is 0 Å². The minimum Gasteiger partial charge on any atom is -0.352 e. The van der Waals surface area contributed by atoms with Gasteiger partial charge >= 0.3 is 0 Å². The first-order chi connectivity index (χ1) is 12.2. The molecule has 3 heterocycles. The molecule has 2 aromatic rings. The maximum atomic E-state index is 5.79. The molecule has 0 spiro atoms. The maximum absolute atomic E-state index is 5.79. The van der Waals surface area contributed by atoms with Crippen molar-refractivity contribution in [3.8, 4) is 0 Å². The molecule has 1 saturated carbocycles. The Labute approximate surface area is 155 Å². The first-order valence-corrected chi connectivity index (χ1v) is 9.74. The largest absolute Gasteiger partial charge is 0.352 e. The average molecular weight is 355 g/mol. The van der Waals surface area contributed by atoms with E-state index >= 15 is 0 Å². The Balaban J connectivity index is 1.79. The van der Waals surface area contributed by atoms with Gasteiger partial charge in [-0.2, -0.15) is 0 Å². The molecule has 2 fully saturated rings. The fourth-order valence-corrected chi connectivity index (χ4v) is 4.78. The van der Waals surface area contributed by atoms with E-state index in [9.17, 15) is 0 Å². The zero-order chi connectivity index (χ0) is 17.4. The molecule has 132 valence electrons. The first-order valence-electron chi connectivity index (χ1n) is 9.33. The van der Waals surface area contributed by atoms with E-state index in [2.05, 4.69) is 64.1 Å². The van der Waals surface area contributed by atoms with Gasteiger partial charge < -0.3 is 14.8 Å². The van der Waals surface area contributed by atoms with Crippen LogP contribution in [-0.2, 0) is 0 Å². The Bertz CT molecular complexity index is 733. The van der Waals surface area contributed by atoms with Gasteiger partial charge in [0.25, 0.3) is 0 Å². The molecule has 2 aromatic heterocycles. The van der Waals surface area contributed by atoms with Crippen molar-refractivity contribution in [2.75, 3.05) is 0 Å². The van der Waals surface area contributed by atoms with E-state index in [0.717, 1.165) is 10.8 Å². The van der Waals surface area contributed by atoms with Gasteiger partial charge in [-0.1, -0.05) is 18.9 Å². The van der Waals surface area contributed by atoms with Crippen LogP contribution >= 0.6 is 12.2 Å². The van der Waals surface area contributed by atoms with Crippen LogP contribution in [0, 0.1) is 0 Å². The monoisotopic (exact) mass is 354 g/mol. The van der Waals surface area contributed by atoms with E-state index in [1.165, 1.54) is 31.4 Å². The molecule has 1 saturated heterocycles. The standard InChI is InChI=1S/C20H26N4S/c1-14(2)23-13-7-11-17(23)19-18(16-10-5-6-12-21-16)22-20(25)24(19)15-8-3-4-9-15/h5-7,10-15,18-19H,3-4,8-9H2,1-2H3,(H,22,25)/t18-,19+/m0/s1. The summed E-state index contributed by atoms with van der Waals surface area (Å²) in [5.74, 6) is 0. The third-order valence-electron chi connectivity index (χ3n) is 5.52. The molecule has 5 heteroatoms. The van der Waals surface area contributed by atoms with Crippen molar-refractivity contribution in [3.05, 3.63) is 54.1 Å². The summed E-state index contributed by atoms with van der Waals surface area (Å²) < 4.78 is 2.37. The van der Waals surface area contributed by atoms with Gasteiger partial charge in [0.1, 0.15) is 0 Å². The van der Waals surface area contributed by atoms with Crippen LogP contribution in [0.5, 0.6) is 0 Å². The number of hydrogen-bond donors (Lipinski definition) is 1. The van der Waals surface area contributed by atoms with E-state index in [0.29, 0.717) is 12.1 Å². The van der Waals surface area contributed by atoms with Gasteiger partial charge in [-0.05, 0) is 63.2 Å². The molecule has 4 rings (SSSR count). The maximum Gasteiger partial charge on any atom is 0.170 e. The third-order valence-corrected chi connectivity index (χ3v) is 5.85. The first kappa shape index (κ1) is 16.6. The molecule has 0 amide bonds. The Hall–Kier alpha value is -1.88. The van der Waals surface area contributed by atoms with Crippen molar-refractivity contribution in [2.24, 2.45) is 0 Å². The number of rotatable bonds is 4. The highest BCUT2D eigenvalue weighted by Gasteiger charge is 2.44. The van der Waals surface area contributed by atoms with E-state index < -0.39 is 0 Å². The average Bonchev–Trinajstić information content (AvgIpc) is 3.34. The zero-order valence-corrected chi connectivity index (χ0v) is 15.7. The lowest BCUT2D eigenvalue weighted by molar-refractivity contribution is 0.234. The Morgan fingerprint density at radius 3 is 2.64 bits per heavy atom. The van der Waals surface area contributed by atoms with Crippen LogP contribution in [0.25, 0.3) is 0 Å². The second kappa shape index (κ2) is 6.79. The van der Waals surface area contributed by atoms with Crippen molar-refractivity contribution < 1.29 is 0 Å². The van der Waals surface area contributed by atoms with Gasteiger partial charge in [0, 0.05) is 30.2 Å². The number of nitrogens with one attached hydrogen (secondary N) is 1. The molecule has 0 unspecified atom stereocenters. The second-order valence-electron chi connectivity index (χ2n) is 7.41. The van der Waals surface area contributed by atoms with Crippen molar-refractivity contribution in [3.63, 3.8) is 0 Å². The molecule has 2 atom stereocenters. The Kier molecular flexibility index (Phi) is 4.50. The predicted molar refractivity (Wildman–Crippen MR) is 104 cm³/mol. The molecular formula is C20H26N4S. The fraction of sp³-hybridized carbons (Fsp3) is 0.500. The van der Waals surface area contributed by atoms with E-state index in [1.807, 2.05) is 12.3 Å². The summed E-state index contributed by atoms with van der Waals surface area (Å²) in [7, 11) is 0. The predicted octanol–water partition coefficient (Wildman–Crippen LogP) is 4.38. The molecule has 0 bridgehead atoms. The van der Waals surface area contributed by atoms with Crippen LogP contribution in [0.1, 0.15) is 69.0 Å². The van der Waals surface area contributed by atoms with Crippen LogP contribution in [0.2, 0.25) is 0 Å². The lowest BCUT2D eigenvalue weighted by Crippen LogP contribution is -2.38. The van der Waals surface area contributed by atoms with Crippen LogP contribution in [-0.4, -0.2) is 25.6 Å². The van der Waals surface area contributed by atoms with Gasteiger partial charge in [0.05, 0.1) is 17.8 Å². The third kappa shape index (κ3) is 2.95. The van der Waals surface area contributed by atoms with Crippen molar-refractivity contribution >= 4 is 17.3 Å². The fourth-order valence-electron chi connectivity index (χ4n) is 4.39. The molecule has 1 aliphatic heterocycles. The van der Waals surface area contributed by atoms with Crippen molar-refractivity contribution in [2.45, 2.75) is 63.7 Å². The van der Waals surface area contributed by atoms with E-state index in [4.69, 9.17) is 12.2 Å². The summed E-state index contributed by atoms with van der Waals surface area (Å²) in [5, 5.41) is 4.46. The number of aromatic nitrogens is 2. The zero-order valence-electron chi connectivity index (χ0n) is 14.9. The molecule has 1 N–H and O–H groups in total. The van der Waals surface area contributed by atoms with Gasteiger partial charge in [-0.25, -0.2) is 0 Å². The molecular weight excluding hydrogens is 328 g/mol. The highest BCUT2D eigenvalue weighted by atomic mass is 32.1. The summed E-state index contributed by atoms with van der Waals surface area (Å²) in [6, 6.07) is 11.8. The summed E-state index contributed by atoms with van der Waals surface area (Å²) in [6.45, 7) is 4.47. The van der Waals surface area contributed by atoms with Crippen LogP contribution < -0.4 is 5.32 Å². The van der Waals surface area contributed by atoms with E-state index in [-0.39, 0.29) is 12.1 Å². The molecule has 25 heavy (non-hydrogen) atoms. The lowest BCUT2D eigenvalue weighted by atomic mass is 9.99. The summed E-state index contributed by atoms with van der Waals surface area (Å²) in [4.78, 5) is 7.10. The second-order valence-corrected chi connectivity index (χ2v) is 7.79. The summed E-state index contributed by atoms with van der Waals surface area (Å²) >= 11 is 5.79. The molecule has 4 nitrogen and oxygen atoms in total. The Morgan fingerprint density at radius 1 is 1.16 bits per heavy atom.